The second kappa shape index (κ2) is 10.4. The molecule has 0 aromatic heterocycles. The molecule has 8 heteroatoms. The van der Waals surface area contributed by atoms with Gasteiger partial charge in [-0.1, -0.05) is 30.3 Å². The van der Waals surface area contributed by atoms with Crippen molar-refractivity contribution in [2.45, 2.75) is 26.3 Å². The van der Waals surface area contributed by atoms with Crippen molar-refractivity contribution in [3.8, 4) is 5.75 Å². The van der Waals surface area contributed by atoms with Gasteiger partial charge in [-0.25, -0.2) is 9.80 Å². The Balaban J connectivity index is 1.54. The highest BCUT2D eigenvalue weighted by molar-refractivity contribution is 6.38. The van der Waals surface area contributed by atoms with Gasteiger partial charge in [-0.3, -0.25) is 9.59 Å². The number of anilines is 1. The number of carbonyl (C=O) groups excluding carboxylic acids is 3. The Labute approximate surface area is 181 Å². The van der Waals surface area contributed by atoms with Crippen LogP contribution in [0.3, 0.4) is 0 Å². The first-order chi connectivity index (χ1) is 15.0. The molecule has 2 amide bonds. The minimum absolute atomic E-state index is 0.116. The van der Waals surface area contributed by atoms with Gasteiger partial charge in [-0.05, 0) is 36.8 Å². The van der Waals surface area contributed by atoms with Gasteiger partial charge in [-0.2, -0.15) is 5.10 Å². The Morgan fingerprint density at radius 2 is 1.77 bits per heavy atom. The minimum Gasteiger partial charge on any atom is -0.494 e. The van der Waals surface area contributed by atoms with Crippen LogP contribution >= 0.6 is 0 Å². The molecule has 0 bridgehead atoms. The van der Waals surface area contributed by atoms with E-state index in [4.69, 9.17) is 9.47 Å². The fourth-order valence-electron chi connectivity index (χ4n) is 3.01. The van der Waals surface area contributed by atoms with Crippen LogP contribution < -0.4 is 9.75 Å². The van der Waals surface area contributed by atoms with Crippen molar-refractivity contribution < 1.29 is 23.9 Å². The summed E-state index contributed by atoms with van der Waals surface area (Å²) in [6, 6.07) is 16.3. The van der Waals surface area contributed by atoms with Crippen LogP contribution in [0.4, 0.5) is 5.69 Å². The quantitative estimate of drug-likeness (QED) is 0.609. The lowest BCUT2D eigenvalue weighted by atomic mass is 10.1. The van der Waals surface area contributed by atoms with E-state index in [1.165, 1.54) is 9.91 Å². The maximum absolute atomic E-state index is 12.4. The Bertz CT molecular complexity index is 957. The van der Waals surface area contributed by atoms with Gasteiger partial charge in [0, 0.05) is 26.4 Å². The van der Waals surface area contributed by atoms with Gasteiger partial charge < -0.3 is 14.4 Å². The summed E-state index contributed by atoms with van der Waals surface area (Å²) in [5.74, 6) is -0.467. The average Bonchev–Trinajstić information content (AvgIpc) is 2.79. The number of rotatable bonds is 8. The van der Waals surface area contributed by atoms with Crippen molar-refractivity contribution >= 4 is 29.2 Å². The van der Waals surface area contributed by atoms with Gasteiger partial charge in [0.15, 0.2) is 6.61 Å². The summed E-state index contributed by atoms with van der Waals surface area (Å²) >= 11 is 0. The number of hydrazone groups is 1. The number of amides is 2. The lowest BCUT2D eigenvalue weighted by Crippen LogP contribution is -2.36. The zero-order chi connectivity index (χ0) is 22.2. The molecule has 3 rings (SSSR count). The Morgan fingerprint density at radius 3 is 2.45 bits per heavy atom. The minimum atomic E-state index is -0.698. The van der Waals surface area contributed by atoms with Crippen LogP contribution in [-0.4, -0.2) is 48.7 Å². The largest absolute Gasteiger partial charge is 0.494 e. The number of carbonyl (C=O) groups is 3. The number of ether oxygens (including phenoxy) is 2. The van der Waals surface area contributed by atoms with Crippen molar-refractivity contribution in [2.24, 2.45) is 5.10 Å². The average molecular weight is 423 g/mol. The highest BCUT2D eigenvalue weighted by Gasteiger charge is 2.27. The van der Waals surface area contributed by atoms with Crippen LogP contribution in [0.2, 0.25) is 0 Å². The zero-order valence-corrected chi connectivity index (χ0v) is 17.6. The second-order valence-electron chi connectivity index (χ2n) is 6.99. The summed E-state index contributed by atoms with van der Waals surface area (Å²) in [6.45, 7) is 2.48. The molecule has 0 unspecified atom stereocenters. The third-order valence-electron chi connectivity index (χ3n) is 4.68. The molecular formula is C23H25N3O5. The van der Waals surface area contributed by atoms with Crippen LogP contribution in [0, 0.1) is 0 Å². The number of para-hydroxylation sites is 1. The molecule has 0 saturated heterocycles. The first-order valence-corrected chi connectivity index (χ1v) is 10.1. The molecule has 2 aromatic rings. The van der Waals surface area contributed by atoms with E-state index in [0.29, 0.717) is 18.8 Å². The van der Waals surface area contributed by atoms with E-state index < -0.39 is 12.6 Å². The summed E-state index contributed by atoms with van der Waals surface area (Å²) in [4.78, 5) is 38.4. The van der Waals surface area contributed by atoms with E-state index >= 15 is 0 Å². The summed E-state index contributed by atoms with van der Waals surface area (Å²) < 4.78 is 10.6. The maximum atomic E-state index is 12.4. The van der Waals surface area contributed by atoms with E-state index in [2.05, 4.69) is 5.10 Å². The third-order valence-corrected chi connectivity index (χ3v) is 4.68. The summed E-state index contributed by atoms with van der Waals surface area (Å²) in [7, 11) is 1.64. The van der Waals surface area contributed by atoms with Crippen LogP contribution in [0.15, 0.2) is 59.7 Å². The van der Waals surface area contributed by atoms with Gasteiger partial charge in [0.2, 0.25) is 5.91 Å². The van der Waals surface area contributed by atoms with Crippen molar-refractivity contribution in [1.29, 1.82) is 0 Å². The van der Waals surface area contributed by atoms with Crippen LogP contribution in [-0.2, 0) is 25.7 Å². The molecule has 0 radical (unpaired) electrons. The van der Waals surface area contributed by atoms with Gasteiger partial charge in [0.1, 0.15) is 11.5 Å². The maximum Gasteiger partial charge on any atom is 0.355 e. The second-order valence-corrected chi connectivity index (χ2v) is 6.99. The molecular weight excluding hydrogens is 398 g/mol. The van der Waals surface area contributed by atoms with E-state index in [0.717, 1.165) is 11.3 Å². The first-order valence-electron chi connectivity index (χ1n) is 10.1. The number of benzene rings is 2. The first kappa shape index (κ1) is 22.0. The summed E-state index contributed by atoms with van der Waals surface area (Å²) in [5.41, 5.74) is 1.62. The Morgan fingerprint density at radius 1 is 1.06 bits per heavy atom. The van der Waals surface area contributed by atoms with Gasteiger partial charge in [0.05, 0.1) is 12.3 Å². The number of likely N-dealkylation sites (N-methyl/N-ethyl adjacent to an activating group) is 1. The molecule has 0 saturated carbocycles. The Kier molecular flexibility index (Phi) is 7.37. The highest BCUT2D eigenvalue weighted by atomic mass is 16.5. The van der Waals surface area contributed by atoms with Crippen LogP contribution in [0.25, 0.3) is 0 Å². The van der Waals surface area contributed by atoms with Crippen LogP contribution in [0.1, 0.15) is 25.3 Å². The van der Waals surface area contributed by atoms with E-state index in [9.17, 15) is 14.4 Å². The fraction of sp³-hybridized carbons (Fsp3) is 0.304. The van der Waals surface area contributed by atoms with Crippen molar-refractivity contribution in [3.05, 3.63) is 60.2 Å². The van der Waals surface area contributed by atoms with Gasteiger partial charge in [0.25, 0.3) is 5.91 Å². The normalized spacial score (nSPS) is 13.4. The molecule has 1 aliphatic rings. The molecule has 162 valence electrons. The molecule has 1 aliphatic heterocycles. The topological polar surface area (TPSA) is 88.5 Å². The number of hydrogen-bond acceptors (Lipinski definition) is 6. The SMILES string of the molecule is CCOc1ccc(CN(C)C(=O)COC(=O)C2=NN(c3ccccc3)C(=O)CC2)cc1. The standard InChI is InChI=1S/C23H25N3O5/c1-3-30-19-11-9-17(10-12-19)15-25(2)22(28)16-31-23(29)20-13-14-21(27)26(24-20)18-7-5-4-6-8-18/h4-12H,3,13-16H2,1-2H3. The predicted octanol–water partition coefficient (Wildman–Crippen LogP) is 2.77. The molecule has 8 nitrogen and oxygen atoms in total. The van der Waals surface area contributed by atoms with E-state index in [-0.39, 0.29) is 30.4 Å². The third kappa shape index (κ3) is 5.91. The van der Waals surface area contributed by atoms with Crippen molar-refractivity contribution in [1.82, 2.24) is 4.90 Å². The Hall–Kier alpha value is -3.68. The highest BCUT2D eigenvalue weighted by Crippen LogP contribution is 2.20. The van der Waals surface area contributed by atoms with Crippen molar-refractivity contribution in [3.63, 3.8) is 0 Å². The molecule has 1 heterocycles. The molecule has 0 spiro atoms. The molecule has 0 fully saturated rings. The lowest BCUT2D eigenvalue weighted by Gasteiger charge is -2.23. The van der Waals surface area contributed by atoms with Gasteiger partial charge >= 0.3 is 5.97 Å². The number of nitrogens with zero attached hydrogens (tertiary/aromatic N) is 3. The molecule has 0 atom stereocenters. The van der Waals surface area contributed by atoms with E-state index in [1.807, 2.05) is 37.3 Å². The van der Waals surface area contributed by atoms with Crippen LogP contribution in [0.5, 0.6) is 5.75 Å². The smallest absolute Gasteiger partial charge is 0.355 e. The lowest BCUT2D eigenvalue weighted by molar-refractivity contribution is -0.146. The molecule has 0 N–H and O–H groups in total. The zero-order valence-electron chi connectivity index (χ0n) is 17.6. The number of hydrogen-bond donors (Lipinski definition) is 0. The predicted molar refractivity (Wildman–Crippen MR) is 116 cm³/mol. The molecule has 2 aromatic carbocycles. The molecule has 31 heavy (non-hydrogen) atoms. The summed E-state index contributed by atoms with van der Waals surface area (Å²) in [6.07, 6.45) is 0.325. The summed E-state index contributed by atoms with van der Waals surface area (Å²) in [5, 5.41) is 5.33. The van der Waals surface area contributed by atoms with E-state index in [1.54, 1.807) is 31.3 Å². The monoisotopic (exact) mass is 423 g/mol. The fourth-order valence-corrected chi connectivity index (χ4v) is 3.01. The van der Waals surface area contributed by atoms with Crippen molar-refractivity contribution in [2.75, 3.05) is 25.3 Å². The molecule has 0 aliphatic carbocycles. The number of esters is 1. The van der Waals surface area contributed by atoms with Gasteiger partial charge in [-0.15, -0.1) is 0 Å².